The molecular weight excluding hydrogens is 434 g/mol. The summed E-state index contributed by atoms with van der Waals surface area (Å²) in [5, 5.41) is 10.2. The molecule has 1 N–H and O–H groups in total. The van der Waals surface area contributed by atoms with E-state index in [0.29, 0.717) is 11.0 Å². The Morgan fingerprint density at radius 2 is 1.68 bits per heavy atom. The monoisotopic (exact) mass is 456 g/mol. The molecule has 2 aromatic rings. The van der Waals surface area contributed by atoms with Crippen LogP contribution < -0.4 is 14.4 Å². The van der Waals surface area contributed by atoms with Crippen LogP contribution in [-0.4, -0.2) is 62.6 Å². The summed E-state index contributed by atoms with van der Waals surface area (Å²) in [5.74, 6) is -1.24. The maximum Gasteiger partial charge on any atom is 0.190 e. The lowest BCUT2D eigenvalue weighted by molar-refractivity contribution is 0.0634. The van der Waals surface area contributed by atoms with Gasteiger partial charge < -0.3 is 19.5 Å². The van der Waals surface area contributed by atoms with Crippen molar-refractivity contribution in [1.82, 2.24) is 4.90 Å². The molecule has 2 aromatic carbocycles. The molecule has 0 radical (unpaired) electrons. The molecule has 1 atom stereocenters. The van der Waals surface area contributed by atoms with Crippen molar-refractivity contribution in [3.8, 4) is 11.5 Å². The van der Waals surface area contributed by atoms with Crippen molar-refractivity contribution in [3.63, 3.8) is 0 Å². The molecule has 1 aliphatic rings. The fraction of sp³-hybridized carbons (Fsp3) is 0.400. The summed E-state index contributed by atoms with van der Waals surface area (Å²) in [5.41, 5.74) is 1.13. The molecule has 5 nitrogen and oxygen atoms in total. The van der Waals surface area contributed by atoms with Crippen LogP contribution in [0.3, 0.4) is 0 Å². The number of piperazine rings is 1. The van der Waals surface area contributed by atoms with E-state index < -0.39 is 23.5 Å². The van der Waals surface area contributed by atoms with Crippen molar-refractivity contribution < 1.29 is 23.4 Å². The highest BCUT2D eigenvalue weighted by atomic mass is 79.9. The minimum absolute atomic E-state index is 0.172. The number of β-amino-alcohol motifs (C(OH)–C–C–N with tert-alkyl or cyclic N) is 1. The van der Waals surface area contributed by atoms with Gasteiger partial charge in [-0.2, -0.15) is 0 Å². The number of anilines is 1. The third kappa shape index (κ3) is 5.33. The van der Waals surface area contributed by atoms with Gasteiger partial charge in [0.2, 0.25) is 0 Å². The van der Waals surface area contributed by atoms with Crippen LogP contribution in [0.4, 0.5) is 14.5 Å². The average molecular weight is 457 g/mol. The minimum atomic E-state index is -0.838. The quantitative estimate of drug-likeness (QED) is 0.692. The van der Waals surface area contributed by atoms with Crippen LogP contribution in [0, 0.1) is 11.6 Å². The number of hydrogen-bond acceptors (Lipinski definition) is 5. The van der Waals surface area contributed by atoms with E-state index in [9.17, 15) is 13.9 Å². The maximum atomic E-state index is 13.8. The van der Waals surface area contributed by atoms with Gasteiger partial charge in [0, 0.05) is 42.9 Å². The van der Waals surface area contributed by atoms with E-state index >= 15 is 0 Å². The zero-order chi connectivity index (χ0) is 20.1. The Hall–Kier alpha value is -1.90. The number of methoxy groups -OCH3 is 1. The van der Waals surface area contributed by atoms with Crippen molar-refractivity contribution in [3.05, 3.63) is 52.5 Å². The van der Waals surface area contributed by atoms with Crippen LogP contribution in [0.2, 0.25) is 0 Å². The fourth-order valence-electron chi connectivity index (χ4n) is 3.18. The number of rotatable bonds is 7. The Morgan fingerprint density at radius 3 is 2.25 bits per heavy atom. The molecule has 28 heavy (non-hydrogen) atoms. The molecule has 0 aromatic heterocycles. The zero-order valence-electron chi connectivity index (χ0n) is 15.6. The first kappa shape index (κ1) is 20.8. The van der Waals surface area contributed by atoms with Crippen molar-refractivity contribution >= 4 is 21.6 Å². The van der Waals surface area contributed by atoms with E-state index in [-0.39, 0.29) is 6.61 Å². The molecule has 0 spiro atoms. The van der Waals surface area contributed by atoms with E-state index in [1.807, 2.05) is 24.3 Å². The molecule has 0 aliphatic carbocycles. The number of halogens is 3. The summed E-state index contributed by atoms with van der Waals surface area (Å²) in [6.07, 6.45) is -0.838. The van der Waals surface area contributed by atoms with Crippen molar-refractivity contribution in [2.45, 2.75) is 6.10 Å². The van der Waals surface area contributed by atoms with Gasteiger partial charge in [-0.05, 0) is 36.4 Å². The van der Waals surface area contributed by atoms with Crippen molar-refractivity contribution in [2.24, 2.45) is 0 Å². The van der Waals surface area contributed by atoms with Gasteiger partial charge in [0.1, 0.15) is 18.5 Å². The van der Waals surface area contributed by atoms with Gasteiger partial charge in [-0.25, -0.2) is 8.78 Å². The van der Waals surface area contributed by atoms with Gasteiger partial charge in [0.25, 0.3) is 0 Å². The van der Waals surface area contributed by atoms with Gasteiger partial charge in [0.15, 0.2) is 17.4 Å². The van der Waals surface area contributed by atoms with Gasteiger partial charge >= 0.3 is 0 Å². The summed E-state index contributed by atoms with van der Waals surface area (Å²) >= 11 is 3.02. The molecule has 1 fully saturated rings. The van der Waals surface area contributed by atoms with Crippen LogP contribution in [0.25, 0.3) is 0 Å². The van der Waals surface area contributed by atoms with Gasteiger partial charge in [0.05, 0.1) is 7.11 Å². The highest BCUT2D eigenvalue weighted by molar-refractivity contribution is 9.10. The lowest BCUT2D eigenvalue weighted by Crippen LogP contribution is -2.49. The summed E-state index contributed by atoms with van der Waals surface area (Å²) in [6.45, 7) is 3.43. The number of ether oxygens (including phenoxy) is 2. The van der Waals surface area contributed by atoms with E-state index in [4.69, 9.17) is 9.47 Å². The van der Waals surface area contributed by atoms with Gasteiger partial charge in [-0.15, -0.1) is 0 Å². The highest BCUT2D eigenvalue weighted by Crippen LogP contribution is 2.26. The second kappa shape index (κ2) is 9.54. The van der Waals surface area contributed by atoms with Crippen LogP contribution in [0.5, 0.6) is 11.5 Å². The van der Waals surface area contributed by atoms with E-state index in [2.05, 4.69) is 25.7 Å². The summed E-state index contributed by atoms with van der Waals surface area (Å²) in [7, 11) is 1.64. The van der Waals surface area contributed by atoms with Crippen LogP contribution in [0.1, 0.15) is 0 Å². The number of nitrogens with zero attached hydrogens (tertiary/aromatic N) is 2. The SMILES string of the molecule is COc1ccc(N2CCN(C[C@H](O)COc3c(F)cc(Br)cc3F)CC2)cc1. The van der Waals surface area contributed by atoms with Crippen LogP contribution >= 0.6 is 15.9 Å². The van der Waals surface area contributed by atoms with E-state index in [0.717, 1.165) is 49.7 Å². The molecule has 1 heterocycles. The molecule has 1 saturated heterocycles. The molecule has 0 unspecified atom stereocenters. The Labute approximate surface area is 171 Å². The topological polar surface area (TPSA) is 45.2 Å². The highest BCUT2D eigenvalue weighted by Gasteiger charge is 2.21. The van der Waals surface area contributed by atoms with E-state index in [1.165, 1.54) is 0 Å². The third-order valence-corrected chi connectivity index (χ3v) is 5.12. The Kier molecular flexibility index (Phi) is 7.09. The van der Waals surface area contributed by atoms with Crippen LogP contribution in [-0.2, 0) is 0 Å². The smallest absolute Gasteiger partial charge is 0.190 e. The molecule has 0 saturated carbocycles. The lowest BCUT2D eigenvalue weighted by atomic mass is 10.2. The standard InChI is InChI=1S/C20H23BrF2N2O3/c1-27-17-4-2-15(3-5-17)25-8-6-24(7-9-25)12-16(26)13-28-20-18(22)10-14(21)11-19(20)23/h2-5,10-11,16,26H,6-9,12-13H2,1H3/t16-/m0/s1. The summed E-state index contributed by atoms with van der Waals surface area (Å²) in [6, 6.07) is 10.2. The average Bonchev–Trinajstić information content (AvgIpc) is 2.68. The lowest BCUT2D eigenvalue weighted by Gasteiger charge is -2.36. The molecule has 8 heteroatoms. The Morgan fingerprint density at radius 1 is 1.07 bits per heavy atom. The second-order valence-corrected chi connectivity index (χ2v) is 7.56. The van der Waals surface area contributed by atoms with Crippen molar-refractivity contribution in [1.29, 1.82) is 0 Å². The third-order valence-electron chi connectivity index (χ3n) is 4.66. The number of benzene rings is 2. The number of aliphatic hydroxyl groups is 1. The molecular formula is C20H23BrF2N2O3. The first-order valence-corrected chi connectivity index (χ1v) is 9.82. The zero-order valence-corrected chi connectivity index (χ0v) is 17.2. The van der Waals surface area contributed by atoms with Crippen LogP contribution in [0.15, 0.2) is 40.9 Å². The van der Waals surface area contributed by atoms with Crippen molar-refractivity contribution in [2.75, 3.05) is 51.3 Å². The molecule has 0 bridgehead atoms. The number of hydrogen-bond donors (Lipinski definition) is 1. The first-order valence-electron chi connectivity index (χ1n) is 9.03. The molecule has 3 rings (SSSR count). The predicted molar refractivity (Wildman–Crippen MR) is 107 cm³/mol. The molecule has 0 amide bonds. The largest absolute Gasteiger partial charge is 0.497 e. The van der Waals surface area contributed by atoms with Gasteiger partial charge in [-0.3, -0.25) is 4.90 Å². The first-order chi connectivity index (χ1) is 13.5. The Bertz CT molecular complexity index is 761. The Balaban J connectivity index is 1.45. The van der Waals surface area contributed by atoms with E-state index in [1.54, 1.807) is 7.11 Å². The molecule has 1 aliphatic heterocycles. The normalized spacial score (nSPS) is 16.1. The second-order valence-electron chi connectivity index (χ2n) is 6.65. The maximum absolute atomic E-state index is 13.8. The molecule has 152 valence electrons. The summed E-state index contributed by atoms with van der Waals surface area (Å²) < 4.78 is 38.2. The number of aliphatic hydroxyl groups excluding tert-OH is 1. The summed E-state index contributed by atoms with van der Waals surface area (Å²) in [4.78, 5) is 4.38. The fourth-order valence-corrected chi connectivity index (χ4v) is 3.58. The van der Waals surface area contributed by atoms with Gasteiger partial charge in [-0.1, -0.05) is 15.9 Å². The minimum Gasteiger partial charge on any atom is -0.497 e. The predicted octanol–water partition coefficient (Wildman–Crippen LogP) is 3.30.